The number of rotatable bonds is 4. The van der Waals surface area contributed by atoms with Crippen molar-refractivity contribution < 1.29 is 9.90 Å². The minimum absolute atomic E-state index is 0.0787. The topological polar surface area (TPSA) is 49.3 Å². The van der Waals surface area contributed by atoms with Gasteiger partial charge < -0.3 is 10.4 Å². The predicted molar refractivity (Wildman–Crippen MR) is 71.0 cm³/mol. The fraction of sp³-hybridized carbons (Fsp3) is 0.533. The average Bonchev–Trinajstić information content (AvgIpc) is 2.85. The van der Waals surface area contributed by atoms with E-state index in [1.165, 1.54) is 0 Å². The zero-order chi connectivity index (χ0) is 13.0. The molecule has 18 heavy (non-hydrogen) atoms. The first-order chi connectivity index (χ1) is 8.62. The summed E-state index contributed by atoms with van der Waals surface area (Å²) in [4.78, 5) is 12.1. The van der Waals surface area contributed by atoms with E-state index in [0.717, 1.165) is 31.2 Å². The van der Waals surface area contributed by atoms with E-state index in [9.17, 15) is 9.90 Å². The highest BCUT2D eigenvalue weighted by atomic mass is 16.3. The van der Waals surface area contributed by atoms with Crippen molar-refractivity contribution in [2.24, 2.45) is 5.41 Å². The molecule has 2 rings (SSSR count). The van der Waals surface area contributed by atoms with Gasteiger partial charge in [0.2, 0.25) is 5.91 Å². The van der Waals surface area contributed by atoms with Gasteiger partial charge in [0.15, 0.2) is 0 Å². The average molecular weight is 247 g/mol. The fourth-order valence-corrected chi connectivity index (χ4v) is 2.58. The highest BCUT2D eigenvalue weighted by Gasteiger charge is 2.36. The molecular weight excluding hydrogens is 226 g/mol. The van der Waals surface area contributed by atoms with Gasteiger partial charge in [0.05, 0.1) is 6.10 Å². The van der Waals surface area contributed by atoms with E-state index in [4.69, 9.17) is 0 Å². The van der Waals surface area contributed by atoms with Gasteiger partial charge in [-0.15, -0.1) is 0 Å². The van der Waals surface area contributed by atoms with Crippen LogP contribution in [-0.2, 0) is 4.79 Å². The molecule has 0 bridgehead atoms. The van der Waals surface area contributed by atoms with E-state index in [0.29, 0.717) is 6.54 Å². The van der Waals surface area contributed by atoms with Crippen LogP contribution < -0.4 is 5.32 Å². The van der Waals surface area contributed by atoms with Crippen molar-refractivity contribution in [2.45, 2.75) is 38.7 Å². The second kappa shape index (κ2) is 5.53. The van der Waals surface area contributed by atoms with Crippen molar-refractivity contribution in [2.75, 3.05) is 6.54 Å². The molecule has 2 N–H and O–H groups in total. The number of aliphatic hydroxyl groups excluding tert-OH is 1. The van der Waals surface area contributed by atoms with Crippen LogP contribution in [0.25, 0.3) is 0 Å². The largest absolute Gasteiger partial charge is 0.387 e. The number of carbonyl (C=O) groups is 1. The molecule has 1 aliphatic rings. The molecular formula is C15H21NO2. The summed E-state index contributed by atoms with van der Waals surface area (Å²) in [5.74, 6) is 0.0787. The molecule has 1 aromatic rings. The first-order valence-electron chi connectivity index (χ1n) is 6.63. The maximum atomic E-state index is 12.1. The van der Waals surface area contributed by atoms with Gasteiger partial charge in [-0.05, 0) is 18.4 Å². The van der Waals surface area contributed by atoms with Crippen molar-refractivity contribution in [1.82, 2.24) is 5.32 Å². The molecule has 1 saturated carbocycles. The van der Waals surface area contributed by atoms with Gasteiger partial charge in [0, 0.05) is 12.0 Å². The lowest BCUT2D eigenvalue weighted by molar-refractivity contribution is -0.130. The normalized spacial score (nSPS) is 19.4. The van der Waals surface area contributed by atoms with Crippen LogP contribution in [0, 0.1) is 5.41 Å². The van der Waals surface area contributed by atoms with Crippen LogP contribution in [0.1, 0.15) is 44.3 Å². The lowest BCUT2D eigenvalue weighted by Gasteiger charge is -2.23. The van der Waals surface area contributed by atoms with Crippen LogP contribution in [-0.4, -0.2) is 17.6 Å². The summed E-state index contributed by atoms with van der Waals surface area (Å²) >= 11 is 0. The summed E-state index contributed by atoms with van der Waals surface area (Å²) in [5, 5.41) is 12.9. The van der Waals surface area contributed by atoms with Gasteiger partial charge in [-0.25, -0.2) is 0 Å². The van der Waals surface area contributed by atoms with Gasteiger partial charge >= 0.3 is 0 Å². The van der Waals surface area contributed by atoms with E-state index in [2.05, 4.69) is 5.32 Å². The Bertz CT molecular complexity index is 396. The Morgan fingerprint density at radius 1 is 1.33 bits per heavy atom. The Labute approximate surface area is 108 Å². The van der Waals surface area contributed by atoms with E-state index in [-0.39, 0.29) is 11.3 Å². The lowest BCUT2D eigenvalue weighted by atomic mass is 9.88. The third-order valence-electron chi connectivity index (χ3n) is 3.90. The second-order valence-corrected chi connectivity index (χ2v) is 5.40. The molecule has 3 heteroatoms. The van der Waals surface area contributed by atoms with Crippen molar-refractivity contribution in [3.8, 4) is 0 Å². The summed E-state index contributed by atoms with van der Waals surface area (Å²) in [6.07, 6.45) is 3.55. The number of hydrogen-bond acceptors (Lipinski definition) is 2. The highest BCUT2D eigenvalue weighted by molar-refractivity contribution is 5.82. The third kappa shape index (κ3) is 2.91. The second-order valence-electron chi connectivity index (χ2n) is 5.40. The molecule has 1 aromatic carbocycles. The Kier molecular flexibility index (Phi) is 4.02. The van der Waals surface area contributed by atoms with Gasteiger partial charge in [-0.3, -0.25) is 4.79 Å². The number of amides is 1. The van der Waals surface area contributed by atoms with Crippen LogP contribution in [0.2, 0.25) is 0 Å². The summed E-state index contributed by atoms with van der Waals surface area (Å²) in [7, 11) is 0. The van der Waals surface area contributed by atoms with Crippen LogP contribution in [0.15, 0.2) is 30.3 Å². The Balaban J connectivity index is 1.86. The number of nitrogens with one attached hydrogen (secondary N) is 1. The molecule has 0 aromatic heterocycles. The monoisotopic (exact) mass is 247 g/mol. The minimum Gasteiger partial charge on any atom is -0.387 e. The summed E-state index contributed by atoms with van der Waals surface area (Å²) in [5.41, 5.74) is 0.616. The number of benzene rings is 1. The minimum atomic E-state index is -0.625. The molecule has 0 aliphatic heterocycles. The van der Waals surface area contributed by atoms with E-state index in [1.807, 2.05) is 37.3 Å². The highest BCUT2D eigenvalue weighted by Crippen LogP contribution is 2.37. The number of aliphatic hydroxyl groups is 1. The molecule has 0 spiro atoms. The Morgan fingerprint density at radius 2 is 1.94 bits per heavy atom. The van der Waals surface area contributed by atoms with Crippen LogP contribution in [0.5, 0.6) is 0 Å². The van der Waals surface area contributed by atoms with Crippen LogP contribution in [0.4, 0.5) is 0 Å². The van der Waals surface area contributed by atoms with Gasteiger partial charge in [0.25, 0.3) is 0 Å². The van der Waals surface area contributed by atoms with Crippen LogP contribution in [0.3, 0.4) is 0 Å². The Hall–Kier alpha value is -1.35. The van der Waals surface area contributed by atoms with E-state index in [1.54, 1.807) is 0 Å². The third-order valence-corrected chi connectivity index (χ3v) is 3.90. The maximum Gasteiger partial charge on any atom is 0.226 e. The van der Waals surface area contributed by atoms with Crippen LogP contribution >= 0.6 is 0 Å². The van der Waals surface area contributed by atoms with Crippen molar-refractivity contribution >= 4 is 5.91 Å². The molecule has 3 nitrogen and oxygen atoms in total. The number of hydrogen-bond donors (Lipinski definition) is 2. The standard InChI is InChI=1S/C15H21NO2/c1-15(9-5-6-10-15)14(18)16-11-13(17)12-7-3-2-4-8-12/h2-4,7-8,13,17H,5-6,9-11H2,1H3,(H,16,18). The molecule has 1 unspecified atom stereocenters. The number of carbonyl (C=O) groups excluding carboxylic acids is 1. The van der Waals surface area contributed by atoms with Gasteiger partial charge in [-0.1, -0.05) is 50.1 Å². The Morgan fingerprint density at radius 3 is 2.56 bits per heavy atom. The summed E-state index contributed by atoms with van der Waals surface area (Å²) < 4.78 is 0. The molecule has 98 valence electrons. The van der Waals surface area contributed by atoms with Crippen molar-refractivity contribution in [3.05, 3.63) is 35.9 Å². The molecule has 1 fully saturated rings. The van der Waals surface area contributed by atoms with Crippen molar-refractivity contribution in [1.29, 1.82) is 0 Å². The first-order valence-corrected chi connectivity index (χ1v) is 6.63. The molecule has 1 aliphatic carbocycles. The first kappa shape index (κ1) is 13.1. The maximum absolute atomic E-state index is 12.1. The molecule has 1 amide bonds. The fourth-order valence-electron chi connectivity index (χ4n) is 2.58. The van der Waals surface area contributed by atoms with Gasteiger partial charge in [-0.2, -0.15) is 0 Å². The summed E-state index contributed by atoms with van der Waals surface area (Å²) in [6.45, 7) is 2.31. The zero-order valence-electron chi connectivity index (χ0n) is 10.9. The zero-order valence-corrected chi connectivity index (χ0v) is 10.9. The molecule has 0 heterocycles. The lowest BCUT2D eigenvalue weighted by Crippen LogP contribution is -2.39. The molecule has 0 radical (unpaired) electrons. The quantitative estimate of drug-likeness (QED) is 0.858. The van der Waals surface area contributed by atoms with Gasteiger partial charge in [0.1, 0.15) is 0 Å². The molecule has 0 saturated heterocycles. The smallest absolute Gasteiger partial charge is 0.226 e. The summed E-state index contributed by atoms with van der Waals surface area (Å²) in [6, 6.07) is 9.42. The van der Waals surface area contributed by atoms with E-state index >= 15 is 0 Å². The van der Waals surface area contributed by atoms with E-state index < -0.39 is 6.10 Å². The van der Waals surface area contributed by atoms with Crippen molar-refractivity contribution in [3.63, 3.8) is 0 Å². The molecule has 1 atom stereocenters. The SMILES string of the molecule is CC1(C(=O)NCC(O)c2ccccc2)CCCC1. The predicted octanol–water partition coefficient (Wildman–Crippen LogP) is 2.42.